The quantitative estimate of drug-likeness (QED) is 0.593. The van der Waals surface area contributed by atoms with Gasteiger partial charge >= 0.3 is 0 Å². The Kier molecular flexibility index (Phi) is 5.73. The first-order chi connectivity index (χ1) is 12.9. The standard InChI is InChI=1S/C18H14BrFN2O4S/c19-15-5-1-2-6-17(15)22-18(23)14-10-13(7-8-16(14)20)27(24,25)21-11-12-4-3-9-26-12/h1-10,21H,11H2,(H,22,23). The highest BCUT2D eigenvalue weighted by atomic mass is 79.9. The first-order valence-electron chi connectivity index (χ1n) is 7.74. The Balaban J connectivity index is 1.83. The Hall–Kier alpha value is -2.49. The minimum atomic E-state index is -3.96. The van der Waals surface area contributed by atoms with Crippen molar-refractivity contribution in [2.24, 2.45) is 0 Å². The molecule has 2 N–H and O–H groups in total. The van der Waals surface area contributed by atoms with Gasteiger partial charge in [-0.15, -0.1) is 0 Å². The molecule has 0 bridgehead atoms. The SMILES string of the molecule is O=C(Nc1ccccc1Br)c1cc(S(=O)(=O)NCc2ccco2)ccc1F. The minimum Gasteiger partial charge on any atom is -0.468 e. The van der Waals surface area contributed by atoms with E-state index in [9.17, 15) is 17.6 Å². The van der Waals surface area contributed by atoms with Crippen molar-refractivity contribution in [1.82, 2.24) is 4.72 Å². The zero-order chi connectivity index (χ0) is 19.4. The number of sulfonamides is 1. The summed E-state index contributed by atoms with van der Waals surface area (Å²) in [6, 6.07) is 13.1. The number of carbonyl (C=O) groups is 1. The Bertz CT molecular complexity index is 1070. The molecule has 0 saturated heterocycles. The van der Waals surface area contributed by atoms with Crippen LogP contribution in [-0.2, 0) is 16.6 Å². The van der Waals surface area contributed by atoms with Crippen molar-refractivity contribution in [3.63, 3.8) is 0 Å². The second-order valence-corrected chi connectivity index (χ2v) is 8.10. The van der Waals surface area contributed by atoms with E-state index in [1.807, 2.05) is 0 Å². The number of rotatable bonds is 6. The van der Waals surface area contributed by atoms with E-state index in [1.54, 1.807) is 36.4 Å². The van der Waals surface area contributed by atoms with Crippen LogP contribution >= 0.6 is 15.9 Å². The molecule has 3 rings (SSSR count). The Morgan fingerprint density at radius 3 is 2.59 bits per heavy atom. The smallest absolute Gasteiger partial charge is 0.258 e. The molecular formula is C18H14BrFN2O4S. The maximum absolute atomic E-state index is 14.1. The fourth-order valence-electron chi connectivity index (χ4n) is 2.26. The van der Waals surface area contributed by atoms with E-state index in [0.717, 1.165) is 18.2 Å². The van der Waals surface area contributed by atoms with Crippen molar-refractivity contribution in [3.8, 4) is 0 Å². The number of halogens is 2. The number of amides is 1. The summed E-state index contributed by atoms with van der Waals surface area (Å²) in [6.07, 6.45) is 1.42. The lowest BCUT2D eigenvalue weighted by atomic mass is 10.2. The molecule has 0 unspecified atom stereocenters. The fraction of sp³-hybridized carbons (Fsp3) is 0.0556. The second-order valence-electron chi connectivity index (χ2n) is 5.48. The molecule has 27 heavy (non-hydrogen) atoms. The molecule has 0 aliphatic heterocycles. The molecule has 2 aromatic carbocycles. The van der Waals surface area contributed by atoms with Crippen LogP contribution in [0, 0.1) is 5.82 Å². The van der Waals surface area contributed by atoms with Gasteiger partial charge in [0.1, 0.15) is 11.6 Å². The van der Waals surface area contributed by atoms with Crippen LogP contribution < -0.4 is 10.0 Å². The third-order valence-corrected chi connectivity index (χ3v) is 5.72. The third kappa shape index (κ3) is 4.62. The predicted octanol–water partition coefficient (Wildman–Crippen LogP) is 3.91. The topological polar surface area (TPSA) is 88.4 Å². The first kappa shape index (κ1) is 19.3. The zero-order valence-corrected chi connectivity index (χ0v) is 16.2. The van der Waals surface area contributed by atoms with E-state index in [0.29, 0.717) is 15.9 Å². The van der Waals surface area contributed by atoms with Gasteiger partial charge in [0.15, 0.2) is 0 Å². The number of benzene rings is 2. The van der Waals surface area contributed by atoms with Crippen LogP contribution in [0.25, 0.3) is 0 Å². The molecule has 140 valence electrons. The average molecular weight is 453 g/mol. The summed E-state index contributed by atoms with van der Waals surface area (Å²) in [5, 5.41) is 2.54. The van der Waals surface area contributed by atoms with Crippen LogP contribution in [0.15, 0.2) is 74.6 Å². The second kappa shape index (κ2) is 8.03. The highest BCUT2D eigenvalue weighted by Crippen LogP contribution is 2.23. The van der Waals surface area contributed by atoms with Crippen LogP contribution in [0.1, 0.15) is 16.1 Å². The fourth-order valence-corrected chi connectivity index (χ4v) is 3.66. The van der Waals surface area contributed by atoms with Gasteiger partial charge in [0, 0.05) is 4.47 Å². The van der Waals surface area contributed by atoms with Crippen molar-refractivity contribution < 1.29 is 22.0 Å². The van der Waals surface area contributed by atoms with E-state index in [-0.39, 0.29) is 17.0 Å². The highest BCUT2D eigenvalue weighted by molar-refractivity contribution is 9.10. The maximum Gasteiger partial charge on any atom is 0.258 e. The molecule has 0 radical (unpaired) electrons. The lowest BCUT2D eigenvalue weighted by molar-refractivity contribution is 0.102. The Labute approximate surface area is 163 Å². The van der Waals surface area contributed by atoms with Gasteiger partial charge in [-0.05, 0) is 58.4 Å². The van der Waals surface area contributed by atoms with Crippen molar-refractivity contribution in [2.75, 3.05) is 5.32 Å². The van der Waals surface area contributed by atoms with E-state index in [4.69, 9.17) is 4.42 Å². The van der Waals surface area contributed by atoms with Crippen molar-refractivity contribution in [3.05, 3.63) is 82.5 Å². The number of furan rings is 1. The minimum absolute atomic E-state index is 0.0643. The molecule has 6 nitrogen and oxygen atoms in total. The third-order valence-electron chi connectivity index (χ3n) is 3.63. The first-order valence-corrected chi connectivity index (χ1v) is 10.0. The summed E-state index contributed by atoms with van der Waals surface area (Å²) < 4.78 is 47.0. The van der Waals surface area contributed by atoms with Gasteiger partial charge in [-0.3, -0.25) is 4.79 Å². The van der Waals surface area contributed by atoms with Crippen molar-refractivity contribution >= 4 is 37.5 Å². The summed E-state index contributed by atoms with van der Waals surface area (Å²) >= 11 is 3.28. The summed E-state index contributed by atoms with van der Waals surface area (Å²) in [5.74, 6) is -1.17. The van der Waals surface area contributed by atoms with Crippen LogP contribution in [0.5, 0.6) is 0 Å². The van der Waals surface area contributed by atoms with Crippen molar-refractivity contribution in [1.29, 1.82) is 0 Å². The van der Waals surface area contributed by atoms with Gasteiger partial charge in [0.25, 0.3) is 5.91 Å². The van der Waals surface area contributed by atoms with Gasteiger partial charge < -0.3 is 9.73 Å². The molecule has 0 aliphatic rings. The van der Waals surface area contributed by atoms with Crippen LogP contribution in [0.3, 0.4) is 0 Å². The van der Waals surface area contributed by atoms with Crippen LogP contribution in [-0.4, -0.2) is 14.3 Å². The van der Waals surface area contributed by atoms with Crippen molar-refractivity contribution in [2.45, 2.75) is 11.4 Å². The number of hydrogen-bond donors (Lipinski definition) is 2. The highest BCUT2D eigenvalue weighted by Gasteiger charge is 2.20. The normalized spacial score (nSPS) is 11.3. The molecular weight excluding hydrogens is 439 g/mol. The largest absolute Gasteiger partial charge is 0.468 e. The zero-order valence-electron chi connectivity index (χ0n) is 13.8. The van der Waals surface area contributed by atoms with Crippen LogP contribution in [0.2, 0.25) is 0 Å². The molecule has 0 spiro atoms. The Morgan fingerprint density at radius 2 is 1.89 bits per heavy atom. The molecule has 9 heteroatoms. The summed E-state index contributed by atoms with van der Waals surface area (Å²) in [4.78, 5) is 12.2. The van der Waals surface area contributed by atoms with Crippen LogP contribution in [0.4, 0.5) is 10.1 Å². The molecule has 1 aromatic heterocycles. The number of anilines is 1. The maximum atomic E-state index is 14.1. The summed E-state index contributed by atoms with van der Waals surface area (Å²) in [6.45, 7) is -0.0643. The molecule has 0 atom stereocenters. The van der Waals surface area contributed by atoms with Gasteiger partial charge in [-0.2, -0.15) is 0 Å². The number of nitrogens with one attached hydrogen (secondary N) is 2. The molecule has 1 heterocycles. The molecule has 3 aromatic rings. The lowest BCUT2D eigenvalue weighted by Crippen LogP contribution is -2.24. The summed E-state index contributed by atoms with van der Waals surface area (Å²) in [5.41, 5.74) is 0.0535. The average Bonchev–Trinajstić information content (AvgIpc) is 3.16. The van der Waals surface area contributed by atoms with Gasteiger partial charge in [0.05, 0.1) is 29.0 Å². The van der Waals surface area contributed by atoms with E-state index >= 15 is 0 Å². The molecule has 0 aliphatic carbocycles. The summed E-state index contributed by atoms with van der Waals surface area (Å²) in [7, 11) is -3.96. The van der Waals surface area contributed by atoms with Gasteiger partial charge in [0.2, 0.25) is 10.0 Å². The molecule has 0 saturated carbocycles. The number of para-hydroxylation sites is 1. The van der Waals surface area contributed by atoms with Gasteiger partial charge in [-0.1, -0.05) is 12.1 Å². The number of hydrogen-bond acceptors (Lipinski definition) is 4. The van der Waals surface area contributed by atoms with E-state index < -0.39 is 21.7 Å². The monoisotopic (exact) mass is 452 g/mol. The molecule has 1 amide bonds. The van der Waals surface area contributed by atoms with Gasteiger partial charge in [-0.25, -0.2) is 17.5 Å². The van der Waals surface area contributed by atoms with E-state index in [1.165, 1.54) is 6.26 Å². The Morgan fingerprint density at radius 1 is 1.11 bits per heavy atom. The number of carbonyl (C=O) groups excluding carboxylic acids is 1. The molecule has 0 fully saturated rings. The lowest BCUT2D eigenvalue weighted by Gasteiger charge is -2.10. The predicted molar refractivity (Wildman–Crippen MR) is 101 cm³/mol. The van der Waals surface area contributed by atoms with E-state index in [2.05, 4.69) is 26.0 Å².